The first kappa shape index (κ1) is 15.8. The van der Waals surface area contributed by atoms with E-state index in [4.69, 9.17) is 5.11 Å². The first-order chi connectivity index (χ1) is 8.90. The van der Waals surface area contributed by atoms with Crippen LogP contribution in [0.25, 0.3) is 0 Å². The van der Waals surface area contributed by atoms with Crippen molar-refractivity contribution < 1.29 is 14.7 Å². The maximum absolute atomic E-state index is 12.1. The van der Waals surface area contributed by atoms with Gasteiger partial charge in [-0.2, -0.15) is 0 Å². The first-order valence-corrected chi connectivity index (χ1v) is 6.83. The van der Waals surface area contributed by atoms with E-state index in [-0.39, 0.29) is 18.5 Å². The fourth-order valence-corrected chi connectivity index (χ4v) is 2.27. The Hall–Kier alpha value is -1.30. The van der Waals surface area contributed by atoms with Crippen molar-refractivity contribution in [3.63, 3.8) is 0 Å². The highest BCUT2D eigenvalue weighted by molar-refractivity contribution is 5.74. The number of carbonyl (C=O) groups excluding carboxylic acids is 1. The van der Waals surface area contributed by atoms with Crippen molar-refractivity contribution in [3.8, 4) is 0 Å². The molecule has 6 nitrogen and oxygen atoms in total. The molecule has 0 aliphatic carbocycles. The van der Waals surface area contributed by atoms with Crippen LogP contribution in [-0.2, 0) is 4.79 Å². The Kier molecular flexibility index (Phi) is 6.08. The smallest absolute Gasteiger partial charge is 0.317 e. The number of urea groups is 1. The summed E-state index contributed by atoms with van der Waals surface area (Å²) in [7, 11) is 4.06. The lowest BCUT2D eigenvalue weighted by Crippen LogP contribution is -2.52. The van der Waals surface area contributed by atoms with Gasteiger partial charge in [-0.3, -0.25) is 4.79 Å². The summed E-state index contributed by atoms with van der Waals surface area (Å²) in [4.78, 5) is 26.5. The Morgan fingerprint density at radius 2 is 2.16 bits per heavy atom. The van der Waals surface area contributed by atoms with E-state index in [1.54, 1.807) is 0 Å². The Morgan fingerprint density at radius 3 is 2.74 bits per heavy atom. The number of nitrogens with zero attached hydrogens (tertiary/aromatic N) is 2. The monoisotopic (exact) mass is 271 g/mol. The Morgan fingerprint density at radius 1 is 1.47 bits per heavy atom. The molecule has 2 N–H and O–H groups in total. The van der Waals surface area contributed by atoms with E-state index in [1.807, 2.05) is 25.9 Å². The van der Waals surface area contributed by atoms with Gasteiger partial charge in [0.25, 0.3) is 0 Å². The van der Waals surface area contributed by atoms with Gasteiger partial charge < -0.3 is 20.2 Å². The summed E-state index contributed by atoms with van der Waals surface area (Å²) < 4.78 is 0. The fourth-order valence-electron chi connectivity index (χ4n) is 2.27. The minimum atomic E-state index is -0.827. The molecular weight excluding hydrogens is 246 g/mol. The van der Waals surface area contributed by atoms with Gasteiger partial charge in [0.1, 0.15) is 0 Å². The Labute approximate surface area is 114 Å². The standard InChI is InChI=1S/C13H25N3O3/c1-10(6-7-12(17)18)14-13(19)16-8-4-5-11(9-16)15(2)3/h10-11H,4-9H2,1-3H3,(H,14,19)(H,17,18). The molecule has 1 fully saturated rings. The molecule has 1 aliphatic heterocycles. The molecule has 1 rings (SSSR count). The molecule has 110 valence electrons. The quantitative estimate of drug-likeness (QED) is 0.781. The molecule has 0 bridgehead atoms. The van der Waals surface area contributed by atoms with Crippen molar-refractivity contribution in [2.24, 2.45) is 0 Å². The van der Waals surface area contributed by atoms with Gasteiger partial charge in [0.15, 0.2) is 0 Å². The van der Waals surface area contributed by atoms with Crippen LogP contribution in [0.3, 0.4) is 0 Å². The number of piperidine rings is 1. The number of carboxylic acid groups (broad SMARTS) is 1. The van der Waals surface area contributed by atoms with Gasteiger partial charge in [-0.25, -0.2) is 4.79 Å². The predicted molar refractivity (Wildman–Crippen MR) is 73.1 cm³/mol. The molecule has 0 radical (unpaired) electrons. The summed E-state index contributed by atoms with van der Waals surface area (Å²) >= 11 is 0. The number of hydrogen-bond donors (Lipinski definition) is 2. The van der Waals surface area contributed by atoms with Crippen LogP contribution in [0.5, 0.6) is 0 Å². The molecule has 0 spiro atoms. The van der Waals surface area contributed by atoms with Crippen LogP contribution >= 0.6 is 0 Å². The molecule has 2 atom stereocenters. The molecular formula is C13H25N3O3. The number of carboxylic acids is 1. The highest BCUT2D eigenvalue weighted by atomic mass is 16.4. The van der Waals surface area contributed by atoms with E-state index in [1.165, 1.54) is 0 Å². The predicted octanol–water partition coefficient (Wildman–Crippen LogP) is 0.975. The van der Waals surface area contributed by atoms with Crippen molar-refractivity contribution in [3.05, 3.63) is 0 Å². The summed E-state index contributed by atoms with van der Waals surface area (Å²) in [5.74, 6) is -0.827. The van der Waals surface area contributed by atoms with Crippen LogP contribution in [-0.4, -0.2) is 66.2 Å². The topological polar surface area (TPSA) is 72.9 Å². The van der Waals surface area contributed by atoms with Crippen LogP contribution < -0.4 is 5.32 Å². The maximum atomic E-state index is 12.1. The second-order valence-electron chi connectivity index (χ2n) is 5.49. The number of amides is 2. The minimum Gasteiger partial charge on any atom is -0.481 e. The Bertz CT molecular complexity index is 320. The molecule has 0 saturated carbocycles. The van der Waals surface area contributed by atoms with E-state index in [2.05, 4.69) is 10.2 Å². The van der Waals surface area contributed by atoms with E-state index >= 15 is 0 Å². The van der Waals surface area contributed by atoms with Gasteiger partial charge >= 0.3 is 12.0 Å². The number of likely N-dealkylation sites (tertiary alicyclic amines) is 1. The number of nitrogens with one attached hydrogen (secondary N) is 1. The minimum absolute atomic E-state index is 0.0792. The highest BCUT2D eigenvalue weighted by Gasteiger charge is 2.25. The number of hydrogen-bond acceptors (Lipinski definition) is 3. The lowest BCUT2D eigenvalue weighted by Gasteiger charge is -2.36. The van der Waals surface area contributed by atoms with Crippen molar-refractivity contribution in [2.75, 3.05) is 27.2 Å². The summed E-state index contributed by atoms with van der Waals surface area (Å²) in [6.07, 6.45) is 2.68. The lowest BCUT2D eigenvalue weighted by atomic mass is 10.1. The largest absolute Gasteiger partial charge is 0.481 e. The summed E-state index contributed by atoms with van der Waals surface area (Å²) in [6, 6.07) is 0.224. The average molecular weight is 271 g/mol. The Balaban J connectivity index is 2.38. The maximum Gasteiger partial charge on any atom is 0.317 e. The van der Waals surface area contributed by atoms with E-state index in [0.717, 1.165) is 25.9 Å². The second-order valence-corrected chi connectivity index (χ2v) is 5.49. The molecule has 0 aromatic rings. The van der Waals surface area contributed by atoms with Crippen molar-refractivity contribution in [1.82, 2.24) is 15.1 Å². The molecule has 6 heteroatoms. The molecule has 1 saturated heterocycles. The molecule has 19 heavy (non-hydrogen) atoms. The third-order valence-electron chi connectivity index (χ3n) is 3.58. The zero-order valence-corrected chi connectivity index (χ0v) is 12.1. The summed E-state index contributed by atoms with van der Waals surface area (Å²) in [5.41, 5.74) is 0. The van der Waals surface area contributed by atoms with Crippen LogP contribution in [0.2, 0.25) is 0 Å². The van der Waals surface area contributed by atoms with Crippen LogP contribution in [0.15, 0.2) is 0 Å². The van der Waals surface area contributed by atoms with Gasteiger partial charge in [-0.15, -0.1) is 0 Å². The normalized spacial score (nSPS) is 21.3. The fraction of sp³-hybridized carbons (Fsp3) is 0.846. The van der Waals surface area contributed by atoms with Crippen molar-refractivity contribution in [1.29, 1.82) is 0 Å². The summed E-state index contributed by atoms with van der Waals surface area (Å²) in [6.45, 7) is 3.36. The second kappa shape index (κ2) is 7.33. The third-order valence-corrected chi connectivity index (χ3v) is 3.58. The van der Waals surface area contributed by atoms with Crippen LogP contribution in [0.1, 0.15) is 32.6 Å². The first-order valence-electron chi connectivity index (χ1n) is 6.83. The van der Waals surface area contributed by atoms with Crippen molar-refractivity contribution in [2.45, 2.75) is 44.7 Å². The van der Waals surface area contributed by atoms with Crippen LogP contribution in [0.4, 0.5) is 4.79 Å². The van der Waals surface area contributed by atoms with E-state index < -0.39 is 5.97 Å². The lowest BCUT2D eigenvalue weighted by molar-refractivity contribution is -0.137. The zero-order chi connectivity index (χ0) is 14.4. The van der Waals surface area contributed by atoms with Crippen LogP contribution in [0, 0.1) is 0 Å². The number of aliphatic carboxylic acids is 1. The zero-order valence-electron chi connectivity index (χ0n) is 12.1. The molecule has 0 aromatic heterocycles. The number of likely N-dealkylation sites (N-methyl/N-ethyl adjacent to an activating group) is 1. The van der Waals surface area contributed by atoms with E-state index in [9.17, 15) is 9.59 Å². The highest BCUT2D eigenvalue weighted by Crippen LogP contribution is 2.14. The SMILES string of the molecule is CC(CCC(=O)O)NC(=O)N1CCCC(N(C)C)C1. The number of carbonyl (C=O) groups is 2. The average Bonchev–Trinajstić information content (AvgIpc) is 2.36. The van der Waals surface area contributed by atoms with Gasteiger partial charge in [0.05, 0.1) is 0 Å². The number of rotatable bonds is 5. The van der Waals surface area contributed by atoms with E-state index in [0.29, 0.717) is 12.5 Å². The molecule has 1 aliphatic rings. The van der Waals surface area contributed by atoms with Gasteiger partial charge in [0.2, 0.25) is 0 Å². The summed E-state index contributed by atoms with van der Waals surface area (Å²) in [5, 5.41) is 11.5. The van der Waals surface area contributed by atoms with Gasteiger partial charge in [-0.05, 0) is 40.3 Å². The van der Waals surface area contributed by atoms with Gasteiger partial charge in [-0.1, -0.05) is 0 Å². The van der Waals surface area contributed by atoms with Gasteiger partial charge in [0, 0.05) is 31.6 Å². The molecule has 1 heterocycles. The third kappa shape index (κ3) is 5.46. The molecule has 2 amide bonds. The molecule has 2 unspecified atom stereocenters. The van der Waals surface area contributed by atoms with Crippen molar-refractivity contribution >= 4 is 12.0 Å². The molecule has 0 aromatic carbocycles.